The van der Waals surface area contributed by atoms with Crippen molar-refractivity contribution in [1.29, 1.82) is 0 Å². The Morgan fingerprint density at radius 1 is 0.765 bits per heavy atom. The van der Waals surface area contributed by atoms with Gasteiger partial charge >= 0.3 is 0 Å². The van der Waals surface area contributed by atoms with E-state index in [1.165, 1.54) is 6.07 Å². The molecule has 6 rings (SSSR count). The van der Waals surface area contributed by atoms with Crippen molar-refractivity contribution in [3.05, 3.63) is 88.0 Å². The molecule has 0 spiro atoms. The topological polar surface area (TPSA) is 83.8 Å². The van der Waals surface area contributed by atoms with Crippen LogP contribution in [0.25, 0.3) is 21.5 Å². The van der Waals surface area contributed by atoms with Crippen LogP contribution in [0.5, 0.6) is 0 Å². The number of imide groups is 1. The first-order chi connectivity index (χ1) is 16.6. The number of benzene rings is 4. The zero-order valence-electron chi connectivity index (χ0n) is 18.4. The van der Waals surface area contributed by atoms with Gasteiger partial charge in [-0.3, -0.25) is 19.7 Å². The second-order valence-electron chi connectivity index (χ2n) is 8.77. The normalized spacial score (nSPS) is 15.9. The van der Waals surface area contributed by atoms with Crippen LogP contribution in [-0.4, -0.2) is 29.8 Å². The van der Waals surface area contributed by atoms with Crippen molar-refractivity contribution in [2.75, 3.05) is 22.9 Å². The molecule has 2 heterocycles. The van der Waals surface area contributed by atoms with Crippen LogP contribution < -0.4 is 9.80 Å². The number of rotatable bonds is 3. The Labute approximate surface area is 195 Å². The molecule has 1 saturated heterocycles. The maximum Gasteiger partial charge on any atom is 0.293 e. The lowest BCUT2D eigenvalue weighted by molar-refractivity contribution is -0.384. The van der Waals surface area contributed by atoms with Crippen LogP contribution in [0, 0.1) is 10.1 Å². The number of nitro groups is 1. The average molecular weight is 451 g/mol. The minimum absolute atomic E-state index is 0.0953. The summed E-state index contributed by atoms with van der Waals surface area (Å²) in [6, 6.07) is 19.6. The van der Waals surface area contributed by atoms with Crippen molar-refractivity contribution < 1.29 is 14.5 Å². The Bertz CT molecular complexity index is 1520. The maximum absolute atomic E-state index is 13.8. The third-order valence-corrected chi connectivity index (χ3v) is 6.86. The van der Waals surface area contributed by atoms with Gasteiger partial charge in [-0.25, -0.2) is 4.90 Å². The van der Waals surface area contributed by atoms with Crippen molar-refractivity contribution in [2.45, 2.75) is 19.3 Å². The first kappa shape index (κ1) is 20.4. The van der Waals surface area contributed by atoms with E-state index in [0.717, 1.165) is 34.9 Å². The minimum atomic E-state index is -0.543. The quantitative estimate of drug-likeness (QED) is 0.227. The van der Waals surface area contributed by atoms with Crippen LogP contribution in [0.4, 0.5) is 17.1 Å². The van der Waals surface area contributed by atoms with Gasteiger partial charge in [0.25, 0.3) is 17.5 Å². The summed E-state index contributed by atoms with van der Waals surface area (Å²) in [5.41, 5.74) is 1.45. The lowest BCUT2D eigenvalue weighted by atomic mass is 9.90. The molecule has 0 radical (unpaired) electrons. The second kappa shape index (κ2) is 7.66. The summed E-state index contributed by atoms with van der Waals surface area (Å²) < 4.78 is 0. The fourth-order valence-corrected chi connectivity index (χ4v) is 5.35. The molecule has 0 bridgehead atoms. The van der Waals surface area contributed by atoms with Crippen molar-refractivity contribution in [3.8, 4) is 0 Å². The molecule has 7 nitrogen and oxygen atoms in total. The number of carbonyl (C=O) groups is 2. The molecule has 7 heteroatoms. The monoisotopic (exact) mass is 451 g/mol. The Morgan fingerprint density at radius 3 is 2.24 bits per heavy atom. The number of fused-ring (bicyclic) bond motifs is 1. The van der Waals surface area contributed by atoms with E-state index in [-0.39, 0.29) is 11.3 Å². The van der Waals surface area contributed by atoms with Gasteiger partial charge in [0, 0.05) is 40.9 Å². The van der Waals surface area contributed by atoms with E-state index in [9.17, 15) is 19.7 Å². The van der Waals surface area contributed by atoms with E-state index in [1.54, 1.807) is 30.3 Å². The molecular formula is C27H21N3O4. The third-order valence-electron chi connectivity index (χ3n) is 6.86. The molecule has 0 aliphatic carbocycles. The Hall–Kier alpha value is -4.26. The smallest absolute Gasteiger partial charge is 0.293 e. The lowest BCUT2D eigenvalue weighted by Gasteiger charge is -2.32. The molecule has 1 fully saturated rings. The van der Waals surface area contributed by atoms with Crippen molar-refractivity contribution in [3.63, 3.8) is 0 Å². The zero-order valence-corrected chi connectivity index (χ0v) is 18.4. The molecule has 2 amide bonds. The highest BCUT2D eigenvalue weighted by Crippen LogP contribution is 2.44. The molecule has 34 heavy (non-hydrogen) atoms. The molecule has 0 aromatic heterocycles. The van der Waals surface area contributed by atoms with Gasteiger partial charge < -0.3 is 4.90 Å². The molecule has 0 N–H and O–H groups in total. The standard InChI is InChI=1S/C27H21N3O4/c31-26-20-12-7-11-19-24(20)21(16-23(30(33)34)25(19)28-14-4-1-5-15-28)27(32)29(26)22-13-6-9-17-8-2-3-10-18(17)22/h2-3,6-13,16H,1,4-5,14-15H2. The first-order valence-corrected chi connectivity index (χ1v) is 11.4. The SMILES string of the molecule is O=C1c2cccc3c(N4CCCCC4)c([N+](=O)[O-])cc(c23)C(=O)N1c1cccc2ccccc12. The highest BCUT2D eigenvalue weighted by Gasteiger charge is 2.38. The molecule has 0 unspecified atom stereocenters. The number of carbonyl (C=O) groups excluding carboxylic acids is 2. The van der Waals surface area contributed by atoms with Gasteiger partial charge in [-0.2, -0.15) is 0 Å². The summed E-state index contributed by atoms with van der Waals surface area (Å²) >= 11 is 0. The van der Waals surface area contributed by atoms with Crippen LogP contribution in [0.1, 0.15) is 40.0 Å². The van der Waals surface area contributed by atoms with E-state index < -0.39 is 16.7 Å². The molecule has 2 aliphatic heterocycles. The molecule has 0 saturated carbocycles. The molecular weight excluding hydrogens is 430 g/mol. The molecule has 0 atom stereocenters. The first-order valence-electron chi connectivity index (χ1n) is 11.4. The zero-order chi connectivity index (χ0) is 23.4. The third kappa shape index (κ3) is 2.90. The van der Waals surface area contributed by atoms with Crippen LogP contribution in [0.15, 0.2) is 66.7 Å². The number of anilines is 2. The number of hydrogen-bond donors (Lipinski definition) is 0. The molecule has 2 aliphatic rings. The fraction of sp³-hybridized carbons (Fsp3) is 0.185. The van der Waals surface area contributed by atoms with Gasteiger partial charge in [-0.15, -0.1) is 0 Å². The van der Waals surface area contributed by atoms with E-state index in [4.69, 9.17) is 0 Å². The van der Waals surface area contributed by atoms with Crippen LogP contribution in [-0.2, 0) is 0 Å². The highest BCUT2D eigenvalue weighted by atomic mass is 16.6. The average Bonchev–Trinajstić information content (AvgIpc) is 2.87. The number of nitro benzene ring substituents is 1. The number of nitrogens with zero attached hydrogens (tertiary/aromatic N) is 3. The summed E-state index contributed by atoms with van der Waals surface area (Å²) in [4.78, 5) is 42.4. The van der Waals surface area contributed by atoms with Gasteiger partial charge in [0.15, 0.2) is 0 Å². The summed E-state index contributed by atoms with van der Waals surface area (Å²) in [5.74, 6) is -0.962. The molecule has 4 aromatic rings. The Balaban J connectivity index is 1.62. The summed E-state index contributed by atoms with van der Waals surface area (Å²) in [5, 5.41) is 14.9. The number of amides is 2. The van der Waals surface area contributed by atoms with Crippen molar-refractivity contribution >= 4 is 50.4 Å². The maximum atomic E-state index is 13.8. The summed E-state index contributed by atoms with van der Waals surface area (Å²) in [7, 11) is 0. The van der Waals surface area contributed by atoms with E-state index in [2.05, 4.69) is 0 Å². The Kier molecular flexibility index (Phi) is 4.58. The number of piperidine rings is 1. The predicted molar refractivity (Wildman–Crippen MR) is 132 cm³/mol. The van der Waals surface area contributed by atoms with E-state index >= 15 is 0 Å². The Morgan fingerprint density at radius 2 is 1.44 bits per heavy atom. The minimum Gasteiger partial charge on any atom is -0.365 e. The van der Waals surface area contributed by atoms with Gasteiger partial charge in [0.1, 0.15) is 5.69 Å². The fourth-order valence-electron chi connectivity index (χ4n) is 5.35. The second-order valence-corrected chi connectivity index (χ2v) is 8.77. The van der Waals surface area contributed by atoms with Gasteiger partial charge in [0.05, 0.1) is 16.2 Å². The predicted octanol–water partition coefficient (Wildman–Crippen LogP) is 5.69. The van der Waals surface area contributed by atoms with Crippen LogP contribution >= 0.6 is 0 Å². The van der Waals surface area contributed by atoms with Crippen LogP contribution in [0.2, 0.25) is 0 Å². The van der Waals surface area contributed by atoms with Gasteiger partial charge in [-0.05, 0) is 36.8 Å². The molecule has 4 aromatic carbocycles. The number of hydrogen-bond acceptors (Lipinski definition) is 5. The van der Waals surface area contributed by atoms with Crippen molar-refractivity contribution in [1.82, 2.24) is 0 Å². The lowest BCUT2D eigenvalue weighted by Crippen LogP contribution is -2.41. The van der Waals surface area contributed by atoms with Crippen molar-refractivity contribution in [2.24, 2.45) is 0 Å². The molecule has 168 valence electrons. The van der Waals surface area contributed by atoms with E-state index in [0.29, 0.717) is 40.8 Å². The summed E-state index contributed by atoms with van der Waals surface area (Å²) in [6.07, 6.45) is 2.99. The largest absolute Gasteiger partial charge is 0.365 e. The van der Waals surface area contributed by atoms with E-state index in [1.807, 2.05) is 35.2 Å². The van der Waals surface area contributed by atoms with Gasteiger partial charge in [0.2, 0.25) is 0 Å². The van der Waals surface area contributed by atoms with Crippen LogP contribution in [0.3, 0.4) is 0 Å². The highest BCUT2D eigenvalue weighted by molar-refractivity contribution is 6.38. The van der Waals surface area contributed by atoms with Gasteiger partial charge in [-0.1, -0.05) is 48.5 Å². The summed E-state index contributed by atoms with van der Waals surface area (Å²) in [6.45, 7) is 1.42.